The average Bonchev–Trinajstić information content (AvgIpc) is 2.95. The van der Waals surface area contributed by atoms with Crippen LogP contribution in [0.1, 0.15) is 26.5 Å². The fourth-order valence-electron chi connectivity index (χ4n) is 2.13. The molecule has 1 aromatic heterocycles. The summed E-state index contributed by atoms with van der Waals surface area (Å²) in [7, 11) is 0. The third-order valence-corrected chi connectivity index (χ3v) is 3.44. The molecule has 0 fully saturated rings. The molecule has 0 saturated carbocycles. The number of hydrogen-bond acceptors (Lipinski definition) is 4. The molecule has 1 aromatic carbocycles. The first kappa shape index (κ1) is 14.4. The topological polar surface area (TPSA) is 76.2 Å². The highest BCUT2D eigenvalue weighted by atomic mass is 16.6. The van der Waals surface area contributed by atoms with Crippen molar-refractivity contribution in [2.75, 3.05) is 11.9 Å². The van der Waals surface area contributed by atoms with Crippen LogP contribution in [0.2, 0.25) is 0 Å². The first-order valence-corrected chi connectivity index (χ1v) is 7.19. The fourth-order valence-corrected chi connectivity index (χ4v) is 2.13. The number of H-pyrrole nitrogens is 1. The van der Waals surface area contributed by atoms with Gasteiger partial charge in [0.15, 0.2) is 17.3 Å². The molecule has 6 nitrogen and oxygen atoms in total. The second-order valence-electron chi connectivity index (χ2n) is 6.27. The lowest BCUT2D eigenvalue weighted by Gasteiger charge is -2.25. The van der Waals surface area contributed by atoms with E-state index < -0.39 is 6.10 Å². The number of benzene rings is 1. The Morgan fingerprint density at radius 1 is 1.32 bits per heavy atom. The molecule has 2 N–H and O–H groups in total. The van der Waals surface area contributed by atoms with Crippen molar-refractivity contribution in [1.82, 2.24) is 10.2 Å². The van der Waals surface area contributed by atoms with Crippen molar-refractivity contribution in [2.45, 2.75) is 32.3 Å². The summed E-state index contributed by atoms with van der Waals surface area (Å²) >= 11 is 0. The molecule has 0 spiro atoms. The molecule has 1 atom stereocenters. The van der Waals surface area contributed by atoms with E-state index in [0.717, 1.165) is 5.69 Å². The summed E-state index contributed by atoms with van der Waals surface area (Å²) in [4.78, 5) is 12.3. The van der Waals surface area contributed by atoms with E-state index in [1.54, 1.807) is 6.07 Å². The third kappa shape index (κ3) is 2.90. The van der Waals surface area contributed by atoms with Gasteiger partial charge in [0, 0.05) is 17.2 Å². The standard InChI is InChI=1S/C16H19N3O3/c1-16(2,3)13-8-14(19-18-13)17-15(20)12-9-21-10-6-4-5-7-11(10)22-12/h4-8,12H,9H2,1-3H3,(H2,17,18,19,20)/t12-/m0/s1. The van der Waals surface area contributed by atoms with Gasteiger partial charge >= 0.3 is 0 Å². The zero-order valence-electron chi connectivity index (χ0n) is 12.8. The highest BCUT2D eigenvalue weighted by Crippen LogP contribution is 2.31. The number of ether oxygens (including phenoxy) is 2. The second kappa shape index (κ2) is 5.36. The van der Waals surface area contributed by atoms with Crippen LogP contribution in [0.5, 0.6) is 11.5 Å². The van der Waals surface area contributed by atoms with Gasteiger partial charge in [-0.25, -0.2) is 0 Å². The van der Waals surface area contributed by atoms with Gasteiger partial charge in [0.2, 0.25) is 6.10 Å². The maximum absolute atomic E-state index is 12.3. The molecule has 22 heavy (non-hydrogen) atoms. The molecule has 0 radical (unpaired) electrons. The highest BCUT2D eigenvalue weighted by Gasteiger charge is 2.28. The monoisotopic (exact) mass is 301 g/mol. The zero-order chi connectivity index (χ0) is 15.7. The lowest BCUT2D eigenvalue weighted by Crippen LogP contribution is -2.40. The molecule has 0 aliphatic carbocycles. The van der Waals surface area contributed by atoms with Gasteiger partial charge in [-0.05, 0) is 12.1 Å². The molecule has 116 valence electrons. The van der Waals surface area contributed by atoms with Crippen LogP contribution in [0, 0.1) is 0 Å². The van der Waals surface area contributed by atoms with Crippen LogP contribution in [0.3, 0.4) is 0 Å². The van der Waals surface area contributed by atoms with E-state index in [9.17, 15) is 4.79 Å². The molecule has 2 heterocycles. The minimum Gasteiger partial charge on any atom is -0.485 e. The predicted octanol–water partition coefficient (Wildman–Crippen LogP) is 2.49. The number of anilines is 1. The van der Waals surface area contributed by atoms with Crippen molar-refractivity contribution in [2.24, 2.45) is 0 Å². The Morgan fingerprint density at radius 3 is 2.73 bits per heavy atom. The maximum atomic E-state index is 12.3. The summed E-state index contributed by atoms with van der Waals surface area (Å²) in [6.07, 6.45) is -0.690. The van der Waals surface area contributed by atoms with Gasteiger partial charge in [-0.3, -0.25) is 9.89 Å². The SMILES string of the molecule is CC(C)(C)c1cc(NC(=O)[C@@H]2COc3ccccc3O2)n[nH]1. The Morgan fingerprint density at radius 2 is 2.05 bits per heavy atom. The van der Waals surface area contributed by atoms with Crippen molar-refractivity contribution >= 4 is 11.7 Å². The van der Waals surface area contributed by atoms with Crippen LogP contribution >= 0.6 is 0 Å². The molecule has 1 aliphatic rings. The molecule has 0 bridgehead atoms. The Hall–Kier alpha value is -2.50. The van der Waals surface area contributed by atoms with Crippen LogP contribution < -0.4 is 14.8 Å². The molecule has 0 saturated heterocycles. The quantitative estimate of drug-likeness (QED) is 0.893. The molecule has 1 aliphatic heterocycles. The van der Waals surface area contributed by atoms with Gasteiger partial charge in [0.25, 0.3) is 5.91 Å². The number of aromatic nitrogens is 2. The first-order valence-electron chi connectivity index (χ1n) is 7.19. The number of carbonyl (C=O) groups is 1. The van der Waals surface area contributed by atoms with Crippen molar-refractivity contribution in [3.05, 3.63) is 36.0 Å². The van der Waals surface area contributed by atoms with Crippen LogP contribution in [-0.2, 0) is 10.2 Å². The van der Waals surface area contributed by atoms with E-state index in [-0.39, 0.29) is 17.9 Å². The number of nitrogens with zero attached hydrogens (tertiary/aromatic N) is 1. The average molecular weight is 301 g/mol. The van der Waals surface area contributed by atoms with Crippen LogP contribution in [0.25, 0.3) is 0 Å². The second-order valence-corrected chi connectivity index (χ2v) is 6.27. The van der Waals surface area contributed by atoms with Gasteiger partial charge < -0.3 is 14.8 Å². The van der Waals surface area contributed by atoms with Crippen LogP contribution in [0.15, 0.2) is 30.3 Å². The van der Waals surface area contributed by atoms with Gasteiger partial charge in [-0.2, -0.15) is 5.10 Å². The molecular weight excluding hydrogens is 282 g/mol. The zero-order valence-corrected chi connectivity index (χ0v) is 12.8. The number of carbonyl (C=O) groups excluding carboxylic acids is 1. The predicted molar refractivity (Wildman–Crippen MR) is 82.3 cm³/mol. The maximum Gasteiger partial charge on any atom is 0.270 e. The van der Waals surface area contributed by atoms with E-state index in [0.29, 0.717) is 17.3 Å². The van der Waals surface area contributed by atoms with E-state index in [2.05, 4.69) is 36.3 Å². The third-order valence-electron chi connectivity index (χ3n) is 3.44. The van der Waals surface area contributed by atoms with E-state index in [1.807, 2.05) is 24.3 Å². The number of hydrogen-bond donors (Lipinski definition) is 2. The molecule has 2 aromatic rings. The summed E-state index contributed by atoms with van der Waals surface area (Å²) in [5.41, 5.74) is 0.897. The number of para-hydroxylation sites is 2. The summed E-state index contributed by atoms with van der Waals surface area (Å²) in [5.74, 6) is 1.44. The molecule has 0 unspecified atom stereocenters. The minimum absolute atomic E-state index is 0.0562. The van der Waals surface area contributed by atoms with Gasteiger partial charge in [0.05, 0.1) is 0 Å². The van der Waals surface area contributed by atoms with E-state index in [1.165, 1.54) is 0 Å². The summed E-state index contributed by atoms with van der Waals surface area (Å²) in [5, 5.41) is 9.79. The lowest BCUT2D eigenvalue weighted by molar-refractivity contribution is -0.125. The Kier molecular flexibility index (Phi) is 3.52. The van der Waals surface area contributed by atoms with E-state index >= 15 is 0 Å². The first-order chi connectivity index (χ1) is 10.4. The molecular formula is C16H19N3O3. The normalized spacial score (nSPS) is 17.1. The van der Waals surface area contributed by atoms with Crippen LogP contribution in [-0.4, -0.2) is 28.8 Å². The largest absolute Gasteiger partial charge is 0.485 e. The summed E-state index contributed by atoms with van der Waals surface area (Å²) in [6, 6.07) is 9.12. The number of aromatic amines is 1. The smallest absolute Gasteiger partial charge is 0.270 e. The van der Waals surface area contributed by atoms with Gasteiger partial charge in [-0.15, -0.1) is 0 Å². The minimum atomic E-state index is -0.690. The molecule has 3 rings (SSSR count). The molecule has 6 heteroatoms. The summed E-state index contributed by atoms with van der Waals surface area (Å²) in [6.45, 7) is 6.39. The van der Waals surface area contributed by atoms with Crippen molar-refractivity contribution < 1.29 is 14.3 Å². The number of nitrogens with one attached hydrogen (secondary N) is 2. The Balaban J connectivity index is 1.67. The van der Waals surface area contributed by atoms with Gasteiger partial charge in [0.1, 0.15) is 6.61 Å². The Bertz CT molecular complexity index is 688. The highest BCUT2D eigenvalue weighted by molar-refractivity contribution is 5.94. The van der Waals surface area contributed by atoms with Crippen molar-refractivity contribution in [3.8, 4) is 11.5 Å². The van der Waals surface area contributed by atoms with Crippen molar-refractivity contribution in [1.29, 1.82) is 0 Å². The number of rotatable bonds is 2. The molecule has 1 amide bonds. The number of amides is 1. The van der Waals surface area contributed by atoms with Crippen molar-refractivity contribution in [3.63, 3.8) is 0 Å². The van der Waals surface area contributed by atoms with E-state index in [4.69, 9.17) is 9.47 Å². The number of fused-ring (bicyclic) bond motifs is 1. The lowest BCUT2D eigenvalue weighted by atomic mass is 9.92. The Labute approximate surface area is 128 Å². The fraction of sp³-hybridized carbons (Fsp3) is 0.375. The van der Waals surface area contributed by atoms with Crippen LogP contribution in [0.4, 0.5) is 5.82 Å². The van der Waals surface area contributed by atoms with Gasteiger partial charge in [-0.1, -0.05) is 32.9 Å². The summed E-state index contributed by atoms with van der Waals surface area (Å²) < 4.78 is 11.2.